The first kappa shape index (κ1) is 16.4. The maximum atomic E-state index is 11.7. The smallest absolute Gasteiger partial charge is 0.325 e. The molecule has 2 N–H and O–H groups in total. The SMILES string of the molecule is CCOC(=O)C(C)(N)CCOC1CCCCC1CC. The standard InChI is InChI=1S/C15H29NO3/c1-4-12-8-6-7-9-13(12)19-11-10-15(3,16)14(17)18-5-2/h12-13H,4-11,16H2,1-3H3. The number of nitrogens with two attached hydrogens (primary N) is 1. The third-order valence-electron chi connectivity index (χ3n) is 4.06. The molecule has 0 heterocycles. The number of carbonyl (C=O) groups is 1. The summed E-state index contributed by atoms with van der Waals surface area (Å²) < 4.78 is 10.9. The van der Waals surface area contributed by atoms with Crippen molar-refractivity contribution < 1.29 is 14.3 Å². The van der Waals surface area contributed by atoms with Crippen LogP contribution in [0.1, 0.15) is 59.3 Å². The Kier molecular flexibility index (Phi) is 6.80. The summed E-state index contributed by atoms with van der Waals surface area (Å²) in [6, 6.07) is 0. The molecule has 4 heteroatoms. The summed E-state index contributed by atoms with van der Waals surface area (Å²) in [6.07, 6.45) is 6.99. The van der Waals surface area contributed by atoms with E-state index in [1.165, 1.54) is 25.7 Å². The van der Waals surface area contributed by atoms with Crippen LogP contribution in [0.25, 0.3) is 0 Å². The largest absolute Gasteiger partial charge is 0.465 e. The van der Waals surface area contributed by atoms with Gasteiger partial charge in [0.2, 0.25) is 0 Å². The molecule has 0 spiro atoms. The topological polar surface area (TPSA) is 61.5 Å². The third-order valence-corrected chi connectivity index (χ3v) is 4.06. The summed E-state index contributed by atoms with van der Waals surface area (Å²) in [5.74, 6) is 0.328. The molecule has 1 aliphatic rings. The van der Waals surface area contributed by atoms with Gasteiger partial charge in [0, 0.05) is 6.61 Å². The van der Waals surface area contributed by atoms with Gasteiger partial charge in [-0.15, -0.1) is 0 Å². The van der Waals surface area contributed by atoms with Crippen molar-refractivity contribution in [3.05, 3.63) is 0 Å². The van der Waals surface area contributed by atoms with Crippen molar-refractivity contribution >= 4 is 5.97 Å². The lowest BCUT2D eigenvalue weighted by atomic mass is 9.84. The quantitative estimate of drug-likeness (QED) is 0.723. The Morgan fingerprint density at radius 2 is 2.00 bits per heavy atom. The molecule has 112 valence electrons. The number of esters is 1. The maximum absolute atomic E-state index is 11.7. The molecule has 3 atom stereocenters. The van der Waals surface area contributed by atoms with Crippen LogP contribution in [0, 0.1) is 5.92 Å². The molecule has 4 nitrogen and oxygen atoms in total. The van der Waals surface area contributed by atoms with Crippen LogP contribution in [-0.4, -0.2) is 30.8 Å². The van der Waals surface area contributed by atoms with Crippen LogP contribution in [0.4, 0.5) is 0 Å². The van der Waals surface area contributed by atoms with E-state index in [2.05, 4.69) is 6.92 Å². The molecule has 0 saturated heterocycles. The zero-order chi connectivity index (χ0) is 14.3. The van der Waals surface area contributed by atoms with Crippen molar-refractivity contribution in [1.82, 2.24) is 0 Å². The van der Waals surface area contributed by atoms with Crippen molar-refractivity contribution in [3.8, 4) is 0 Å². The van der Waals surface area contributed by atoms with Gasteiger partial charge in [-0.1, -0.05) is 26.2 Å². The van der Waals surface area contributed by atoms with E-state index in [4.69, 9.17) is 15.2 Å². The Morgan fingerprint density at radius 1 is 1.32 bits per heavy atom. The number of rotatable bonds is 7. The molecular formula is C15H29NO3. The first-order valence-electron chi connectivity index (χ1n) is 7.59. The predicted octanol–water partition coefficient (Wildman–Crippen LogP) is 2.64. The van der Waals surface area contributed by atoms with Gasteiger partial charge in [-0.3, -0.25) is 4.79 Å². The Morgan fingerprint density at radius 3 is 2.63 bits per heavy atom. The summed E-state index contributed by atoms with van der Waals surface area (Å²) in [7, 11) is 0. The molecule has 1 aliphatic carbocycles. The minimum absolute atomic E-state index is 0.339. The molecule has 0 aromatic rings. The highest BCUT2D eigenvalue weighted by Gasteiger charge is 2.31. The summed E-state index contributed by atoms with van der Waals surface area (Å²) in [4.78, 5) is 11.7. The minimum Gasteiger partial charge on any atom is -0.465 e. The average molecular weight is 271 g/mol. The Hall–Kier alpha value is -0.610. The lowest BCUT2D eigenvalue weighted by Gasteiger charge is -2.32. The molecule has 1 fully saturated rings. The number of carbonyl (C=O) groups excluding carboxylic acids is 1. The highest BCUT2D eigenvalue weighted by atomic mass is 16.5. The van der Waals surface area contributed by atoms with E-state index in [1.807, 2.05) is 0 Å². The van der Waals surface area contributed by atoms with Crippen LogP contribution in [-0.2, 0) is 14.3 Å². The van der Waals surface area contributed by atoms with Crippen LogP contribution in [0.3, 0.4) is 0 Å². The Labute approximate surface area is 117 Å². The first-order chi connectivity index (χ1) is 9.01. The summed E-state index contributed by atoms with van der Waals surface area (Å²) >= 11 is 0. The van der Waals surface area contributed by atoms with Crippen molar-refractivity contribution in [2.24, 2.45) is 11.7 Å². The Bertz CT molecular complexity index is 279. The van der Waals surface area contributed by atoms with Gasteiger partial charge in [-0.25, -0.2) is 0 Å². The zero-order valence-electron chi connectivity index (χ0n) is 12.6. The molecule has 0 radical (unpaired) electrons. The molecule has 3 unspecified atom stereocenters. The van der Waals surface area contributed by atoms with Gasteiger partial charge in [0.1, 0.15) is 5.54 Å². The van der Waals surface area contributed by atoms with E-state index in [0.29, 0.717) is 31.7 Å². The summed E-state index contributed by atoms with van der Waals surface area (Å²) in [5, 5.41) is 0. The molecule has 0 aliphatic heterocycles. The lowest BCUT2D eigenvalue weighted by Crippen LogP contribution is -2.47. The fourth-order valence-corrected chi connectivity index (χ4v) is 2.68. The molecule has 1 saturated carbocycles. The average Bonchev–Trinajstić information content (AvgIpc) is 2.39. The van der Waals surface area contributed by atoms with Gasteiger partial charge in [-0.2, -0.15) is 0 Å². The number of ether oxygens (including phenoxy) is 2. The van der Waals surface area contributed by atoms with Crippen LogP contribution in [0.15, 0.2) is 0 Å². The van der Waals surface area contributed by atoms with E-state index < -0.39 is 5.54 Å². The van der Waals surface area contributed by atoms with Crippen molar-refractivity contribution in [3.63, 3.8) is 0 Å². The van der Waals surface area contributed by atoms with Gasteiger partial charge in [0.25, 0.3) is 0 Å². The molecule has 0 aromatic carbocycles. The summed E-state index contributed by atoms with van der Waals surface area (Å²) in [6.45, 7) is 6.63. The zero-order valence-corrected chi connectivity index (χ0v) is 12.6. The van der Waals surface area contributed by atoms with Crippen molar-refractivity contribution in [1.29, 1.82) is 0 Å². The fourth-order valence-electron chi connectivity index (χ4n) is 2.68. The van der Waals surface area contributed by atoms with Gasteiger partial charge >= 0.3 is 5.97 Å². The molecule has 1 rings (SSSR count). The molecule has 0 bridgehead atoms. The van der Waals surface area contributed by atoms with E-state index in [9.17, 15) is 4.79 Å². The second-order valence-corrected chi connectivity index (χ2v) is 5.75. The number of hydrogen-bond donors (Lipinski definition) is 1. The van der Waals surface area contributed by atoms with Crippen LogP contribution in [0.5, 0.6) is 0 Å². The maximum Gasteiger partial charge on any atom is 0.325 e. The third kappa shape index (κ3) is 5.11. The highest BCUT2D eigenvalue weighted by molar-refractivity contribution is 5.79. The minimum atomic E-state index is -0.938. The normalized spacial score (nSPS) is 26.7. The second kappa shape index (κ2) is 7.85. The highest BCUT2D eigenvalue weighted by Crippen LogP contribution is 2.29. The monoisotopic (exact) mass is 271 g/mol. The fraction of sp³-hybridized carbons (Fsp3) is 0.933. The van der Waals surface area contributed by atoms with Gasteiger partial charge in [-0.05, 0) is 39.0 Å². The van der Waals surface area contributed by atoms with E-state index >= 15 is 0 Å². The van der Waals surface area contributed by atoms with E-state index in [1.54, 1.807) is 13.8 Å². The molecular weight excluding hydrogens is 242 g/mol. The van der Waals surface area contributed by atoms with Crippen molar-refractivity contribution in [2.45, 2.75) is 70.9 Å². The first-order valence-corrected chi connectivity index (χ1v) is 7.59. The van der Waals surface area contributed by atoms with Crippen LogP contribution >= 0.6 is 0 Å². The second-order valence-electron chi connectivity index (χ2n) is 5.75. The number of hydrogen-bond acceptors (Lipinski definition) is 4. The molecule has 0 aromatic heterocycles. The van der Waals surface area contributed by atoms with Crippen LogP contribution in [0.2, 0.25) is 0 Å². The predicted molar refractivity (Wildman–Crippen MR) is 75.8 cm³/mol. The van der Waals surface area contributed by atoms with Gasteiger partial charge in [0.05, 0.1) is 12.7 Å². The van der Waals surface area contributed by atoms with E-state index in [0.717, 1.165) is 6.42 Å². The van der Waals surface area contributed by atoms with Crippen LogP contribution < -0.4 is 5.73 Å². The molecule has 0 amide bonds. The van der Waals surface area contributed by atoms with Gasteiger partial charge < -0.3 is 15.2 Å². The lowest BCUT2D eigenvalue weighted by molar-refractivity contribution is -0.150. The summed E-state index contributed by atoms with van der Waals surface area (Å²) in [5.41, 5.74) is 5.04. The Balaban J connectivity index is 2.33. The molecule has 19 heavy (non-hydrogen) atoms. The van der Waals surface area contributed by atoms with E-state index in [-0.39, 0.29) is 5.97 Å². The van der Waals surface area contributed by atoms with Crippen molar-refractivity contribution in [2.75, 3.05) is 13.2 Å². The van der Waals surface area contributed by atoms with Gasteiger partial charge in [0.15, 0.2) is 0 Å².